The SMILES string of the molecule is CCCN(C(=O)COC(=O)/C=C/c1nc2ccccc2o1)[C@@H]1CCS(=O)(=O)C1. The molecule has 0 aliphatic carbocycles. The molecule has 0 spiro atoms. The minimum Gasteiger partial charge on any atom is -0.452 e. The Bertz CT molecular complexity index is 962. The van der Waals surface area contributed by atoms with E-state index < -0.39 is 28.3 Å². The third kappa shape index (κ3) is 4.98. The summed E-state index contributed by atoms with van der Waals surface area (Å²) in [4.78, 5) is 30.0. The van der Waals surface area contributed by atoms with Crippen molar-refractivity contribution in [3.05, 3.63) is 36.2 Å². The summed E-state index contributed by atoms with van der Waals surface area (Å²) >= 11 is 0. The smallest absolute Gasteiger partial charge is 0.331 e. The summed E-state index contributed by atoms with van der Waals surface area (Å²) in [6.45, 7) is 1.89. The van der Waals surface area contributed by atoms with E-state index in [2.05, 4.69) is 4.98 Å². The van der Waals surface area contributed by atoms with Crippen molar-refractivity contribution in [1.82, 2.24) is 9.88 Å². The lowest BCUT2D eigenvalue weighted by molar-refractivity contribution is -0.149. The first-order valence-electron chi connectivity index (χ1n) is 9.08. The molecule has 2 heterocycles. The Morgan fingerprint density at radius 2 is 2.14 bits per heavy atom. The molecule has 0 radical (unpaired) electrons. The fourth-order valence-corrected chi connectivity index (χ4v) is 4.87. The van der Waals surface area contributed by atoms with Crippen LogP contribution in [-0.4, -0.2) is 60.9 Å². The third-order valence-electron chi connectivity index (χ3n) is 4.44. The number of esters is 1. The molecule has 1 aliphatic rings. The van der Waals surface area contributed by atoms with E-state index in [1.165, 1.54) is 11.0 Å². The number of carbonyl (C=O) groups is 2. The number of aromatic nitrogens is 1. The summed E-state index contributed by atoms with van der Waals surface area (Å²) < 4.78 is 33.8. The summed E-state index contributed by atoms with van der Waals surface area (Å²) in [5, 5.41) is 0. The van der Waals surface area contributed by atoms with E-state index in [9.17, 15) is 18.0 Å². The van der Waals surface area contributed by atoms with Crippen molar-refractivity contribution in [3.8, 4) is 0 Å². The standard InChI is InChI=1S/C19H22N2O6S/c1-2-10-21(14-9-11-28(24,25)13-14)18(22)12-26-19(23)8-7-17-20-15-5-3-4-6-16(15)27-17/h3-8,14H,2,9-13H2,1H3/b8-7+/t14-/m1/s1. The Hall–Kier alpha value is -2.68. The van der Waals surface area contributed by atoms with E-state index in [-0.39, 0.29) is 23.4 Å². The van der Waals surface area contributed by atoms with E-state index in [1.54, 1.807) is 12.1 Å². The van der Waals surface area contributed by atoms with E-state index in [4.69, 9.17) is 9.15 Å². The number of hydrogen-bond donors (Lipinski definition) is 0. The molecule has 3 rings (SSSR count). The summed E-state index contributed by atoms with van der Waals surface area (Å²) in [6, 6.07) is 6.85. The second-order valence-electron chi connectivity index (χ2n) is 6.60. The van der Waals surface area contributed by atoms with Crippen molar-refractivity contribution >= 4 is 38.9 Å². The van der Waals surface area contributed by atoms with Crippen molar-refractivity contribution in [1.29, 1.82) is 0 Å². The summed E-state index contributed by atoms with van der Waals surface area (Å²) in [6.07, 6.45) is 3.62. The topological polar surface area (TPSA) is 107 Å². The van der Waals surface area contributed by atoms with Gasteiger partial charge in [0, 0.05) is 24.7 Å². The minimum atomic E-state index is -3.10. The van der Waals surface area contributed by atoms with Crippen LogP contribution in [0.15, 0.2) is 34.8 Å². The predicted molar refractivity (Wildman–Crippen MR) is 103 cm³/mol. The molecule has 1 fully saturated rings. The van der Waals surface area contributed by atoms with Gasteiger partial charge in [-0.1, -0.05) is 19.1 Å². The van der Waals surface area contributed by atoms with Crippen LogP contribution in [0.5, 0.6) is 0 Å². The van der Waals surface area contributed by atoms with Gasteiger partial charge in [-0.2, -0.15) is 0 Å². The zero-order valence-corrected chi connectivity index (χ0v) is 16.4. The number of hydrogen-bond acceptors (Lipinski definition) is 7. The highest BCUT2D eigenvalue weighted by atomic mass is 32.2. The van der Waals surface area contributed by atoms with Crippen LogP contribution in [0.3, 0.4) is 0 Å². The second kappa shape index (κ2) is 8.55. The molecule has 9 heteroatoms. The molecule has 150 valence electrons. The first-order valence-corrected chi connectivity index (χ1v) is 10.9. The average molecular weight is 406 g/mol. The second-order valence-corrected chi connectivity index (χ2v) is 8.83. The maximum absolute atomic E-state index is 12.4. The molecule has 1 aliphatic heterocycles. The Balaban J connectivity index is 1.55. The first-order chi connectivity index (χ1) is 13.4. The zero-order valence-electron chi connectivity index (χ0n) is 15.5. The van der Waals surface area contributed by atoms with Crippen LogP contribution >= 0.6 is 0 Å². The van der Waals surface area contributed by atoms with E-state index in [1.807, 2.05) is 19.1 Å². The molecule has 1 aromatic heterocycles. The summed E-state index contributed by atoms with van der Waals surface area (Å²) in [7, 11) is -3.10. The highest BCUT2D eigenvalue weighted by molar-refractivity contribution is 7.91. The van der Waals surface area contributed by atoms with Gasteiger partial charge in [-0.05, 0) is 25.0 Å². The van der Waals surface area contributed by atoms with Crippen LogP contribution in [0.1, 0.15) is 25.7 Å². The number of ether oxygens (including phenoxy) is 1. The van der Waals surface area contributed by atoms with Gasteiger partial charge >= 0.3 is 5.97 Å². The van der Waals surface area contributed by atoms with Crippen molar-refractivity contribution in [2.24, 2.45) is 0 Å². The number of rotatable bonds is 7. The third-order valence-corrected chi connectivity index (χ3v) is 6.19. The van der Waals surface area contributed by atoms with Crippen molar-refractivity contribution in [2.45, 2.75) is 25.8 Å². The Kier molecular flexibility index (Phi) is 6.13. The minimum absolute atomic E-state index is 0.0374. The molecule has 1 atom stereocenters. The highest BCUT2D eigenvalue weighted by Crippen LogP contribution is 2.18. The highest BCUT2D eigenvalue weighted by Gasteiger charge is 2.34. The Morgan fingerprint density at radius 1 is 1.36 bits per heavy atom. The average Bonchev–Trinajstić information content (AvgIpc) is 3.24. The van der Waals surface area contributed by atoms with Crippen LogP contribution in [0.25, 0.3) is 17.2 Å². The molecular formula is C19H22N2O6S. The van der Waals surface area contributed by atoms with E-state index in [0.717, 1.165) is 6.08 Å². The normalized spacial score (nSPS) is 18.5. The van der Waals surface area contributed by atoms with Gasteiger partial charge in [-0.25, -0.2) is 18.2 Å². The fraction of sp³-hybridized carbons (Fsp3) is 0.421. The number of oxazole rings is 1. The maximum Gasteiger partial charge on any atom is 0.331 e. The van der Waals surface area contributed by atoms with Gasteiger partial charge < -0.3 is 14.1 Å². The summed E-state index contributed by atoms with van der Waals surface area (Å²) in [5.41, 5.74) is 1.28. The van der Waals surface area contributed by atoms with Gasteiger partial charge in [-0.3, -0.25) is 4.79 Å². The number of benzene rings is 1. The van der Waals surface area contributed by atoms with Crippen LogP contribution in [0.4, 0.5) is 0 Å². The molecule has 2 aromatic rings. The first kappa shape index (κ1) is 20.1. The Morgan fingerprint density at radius 3 is 2.82 bits per heavy atom. The molecule has 0 bridgehead atoms. The largest absolute Gasteiger partial charge is 0.452 e. The maximum atomic E-state index is 12.4. The summed E-state index contributed by atoms with van der Waals surface area (Å²) in [5.74, 6) is -0.797. The van der Waals surface area contributed by atoms with Gasteiger partial charge in [0.25, 0.3) is 5.91 Å². The molecule has 8 nitrogen and oxygen atoms in total. The lowest BCUT2D eigenvalue weighted by atomic mass is 10.2. The van der Waals surface area contributed by atoms with Crippen molar-refractivity contribution < 1.29 is 27.2 Å². The Labute approximate surface area is 163 Å². The molecule has 0 unspecified atom stereocenters. The number of fused-ring (bicyclic) bond motifs is 1. The van der Waals surface area contributed by atoms with Gasteiger partial charge in [0.2, 0.25) is 5.89 Å². The van der Waals surface area contributed by atoms with Crippen molar-refractivity contribution in [2.75, 3.05) is 24.7 Å². The number of amides is 1. The zero-order chi connectivity index (χ0) is 20.1. The molecular weight excluding hydrogens is 384 g/mol. The lowest BCUT2D eigenvalue weighted by Crippen LogP contribution is -2.43. The van der Waals surface area contributed by atoms with E-state index >= 15 is 0 Å². The van der Waals surface area contributed by atoms with Crippen LogP contribution < -0.4 is 0 Å². The van der Waals surface area contributed by atoms with Gasteiger partial charge in [-0.15, -0.1) is 0 Å². The fourth-order valence-electron chi connectivity index (χ4n) is 3.14. The monoisotopic (exact) mass is 406 g/mol. The number of carbonyl (C=O) groups excluding carboxylic acids is 2. The number of nitrogens with zero attached hydrogens (tertiary/aromatic N) is 2. The molecule has 28 heavy (non-hydrogen) atoms. The van der Waals surface area contributed by atoms with Gasteiger partial charge in [0.05, 0.1) is 11.5 Å². The van der Waals surface area contributed by atoms with E-state index in [0.29, 0.717) is 30.5 Å². The van der Waals surface area contributed by atoms with Crippen molar-refractivity contribution in [3.63, 3.8) is 0 Å². The molecule has 0 saturated carbocycles. The molecule has 1 saturated heterocycles. The number of sulfone groups is 1. The van der Waals surface area contributed by atoms with Crippen LogP contribution in [0.2, 0.25) is 0 Å². The lowest BCUT2D eigenvalue weighted by Gasteiger charge is -2.27. The molecule has 0 N–H and O–H groups in total. The van der Waals surface area contributed by atoms with Crippen LogP contribution in [-0.2, 0) is 24.2 Å². The quantitative estimate of drug-likeness (QED) is 0.510. The van der Waals surface area contributed by atoms with Crippen LogP contribution in [0, 0.1) is 0 Å². The predicted octanol–water partition coefficient (Wildman–Crippen LogP) is 1.81. The number of para-hydroxylation sites is 2. The van der Waals surface area contributed by atoms with Gasteiger partial charge in [0.1, 0.15) is 5.52 Å². The van der Waals surface area contributed by atoms with Gasteiger partial charge in [0.15, 0.2) is 22.0 Å². The molecule has 1 aromatic carbocycles. The molecule has 1 amide bonds.